The van der Waals surface area contributed by atoms with Gasteiger partial charge in [0.15, 0.2) is 6.61 Å². The zero-order valence-electron chi connectivity index (χ0n) is 18.8. The van der Waals surface area contributed by atoms with E-state index in [0.717, 1.165) is 11.9 Å². The third-order valence-corrected chi connectivity index (χ3v) is 7.26. The Morgan fingerprint density at radius 3 is 2.71 bits per heavy atom. The van der Waals surface area contributed by atoms with Gasteiger partial charge in [-0.25, -0.2) is 22.6 Å². The van der Waals surface area contributed by atoms with Gasteiger partial charge in [0, 0.05) is 25.7 Å². The standard InChI is InChI=1S/C23H26FN3O6S/c1-2-8-27-21-7-6-19(34(29,30)26-9-11-31-12-10-26)14-20(21)25-22(27)15-33-23(28)16-32-18-5-3-4-17(24)13-18/h3-7,13-14H,2,8-12,15-16H2,1H3. The molecule has 3 aromatic rings. The minimum atomic E-state index is -3.66. The molecule has 9 nitrogen and oxygen atoms in total. The minimum absolute atomic E-state index is 0.106. The van der Waals surface area contributed by atoms with Crippen molar-refractivity contribution in [2.45, 2.75) is 31.4 Å². The van der Waals surface area contributed by atoms with Crippen molar-refractivity contribution < 1.29 is 31.8 Å². The van der Waals surface area contributed by atoms with Gasteiger partial charge in [0.2, 0.25) is 10.0 Å². The second kappa shape index (κ2) is 10.5. The van der Waals surface area contributed by atoms with Crippen LogP contribution in [-0.2, 0) is 37.4 Å². The second-order valence-corrected chi connectivity index (χ2v) is 9.69. The van der Waals surface area contributed by atoms with Crippen molar-refractivity contribution in [2.24, 2.45) is 0 Å². The molecule has 0 unspecified atom stereocenters. The first-order valence-corrected chi connectivity index (χ1v) is 12.4. The number of hydrogen-bond acceptors (Lipinski definition) is 7. The van der Waals surface area contributed by atoms with Crippen LogP contribution in [0.25, 0.3) is 11.0 Å². The molecule has 1 aliphatic heterocycles. The lowest BCUT2D eigenvalue weighted by Crippen LogP contribution is -2.40. The van der Waals surface area contributed by atoms with E-state index in [9.17, 15) is 17.6 Å². The normalized spacial score (nSPS) is 14.9. The monoisotopic (exact) mass is 491 g/mol. The minimum Gasteiger partial charge on any atom is -0.482 e. The van der Waals surface area contributed by atoms with Gasteiger partial charge in [-0.1, -0.05) is 13.0 Å². The summed E-state index contributed by atoms with van der Waals surface area (Å²) in [6.07, 6.45) is 0.808. The van der Waals surface area contributed by atoms with Gasteiger partial charge >= 0.3 is 5.97 Å². The van der Waals surface area contributed by atoms with Gasteiger partial charge in [-0.15, -0.1) is 0 Å². The Morgan fingerprint density at radius 1 is 1.18 bits per heavy atom. The average Bonchev–Trinajstić information content (AvgIpc) is 3.19. The molecular weight excluding hydrogens is 465 g/mol. The predicted octanol–water partition coefficient (Wildman–Crippen LogP) is 2.73. The first kappa shape index (κ1) is 24.1. The Bertz CT molecular complexity index is 1270. The summed E-state index contributed by atoms with van der Waals surface area (Å²) in [7, 11) is -3.66. The largest absolute Gasteiger partial charge is 0.482 e. The Balaban J connectivity index is 1.49. The Morgan fingerprint density at radius 2 is 1.97 bits per heavy atom. The van der Waals surface area contributed by atoms with Crippen molar-refractivity contribution in [3.05, 3.63) is 54.1 Å². The molecule has 0 radical (unpaired) electrons. The summed E-state index contributed by atoms with van der Waals surface area (Å²) in [5.74, 6) is -0.370. The number of nitrogens with zero attached hydrogens (tertiary/aromatic N) is 3. The maximum atomic E-state index is 13.2. The Hall–Kier alpha value is -3.02. The number of morpholine rings is 1. The van der Waals surface area contributed by atoms with E-state index in [0.29, 0.717) is 44.2 Å². The molecule has 0 saturated carbocycles. The fraction of sp³-hybridized carbons (Fsp3) is 0.391. The summed E-state index contributed by atoms with van der Waals surface area (Å²) >= 11 is 0. The summed E-state index contributed by atoms with van der Waals surface area (Å²) in [5.41, 5.74) is 1.26. The lowest BCUT2D eigenvalue weighted by Gasteiger charge is -2.26. The fourth-order valence-corrected chi connectivity index (χ4v) is 5.15. The average molecular weight is 492 g/mol. The molecule has 2 aromatic carbocycles. The molecule has 0 N–H and O–H groups in total. The fourth-order valence-electron chi connectivity index (χ4n) is 3.73. The summed E-state index contributed by atoms with van der Waals surface area (Å²) in [4.78, 5) is 16.8. The van der Waals surface area contributed by atoms with E-state index in [1.54, 1.807) is 24.3 Å². The van der Waals surface area contributed by atoms with E-state index in [1.165, 1.54) is 22.5 Å². The number of carbonyl (C=O) groups is 1. The van der Waals surface area contributed by atoms with Gasteiger partial charge in [0.05, 0.1) is 29.1 Å². The number of halogens is 1. The highest BCUT2D eigenvalue weighted by Gasteiger charge is 2.27. The van der Waals surface area contributed by atoms with Crippen LogP contribution in [0.4, 0.5) is 4.39 Å². The van der Waals surface area contributed by atoms with Crippen molar-refractivity contribution >= 4 is 27.0 Å². The quantitative estimate of drug-likeness (QED) is 0.424. The summed E-state index contributed by atoms with van der Waals surface area (Å²) in [5, 5.41) is 0. The van der Waals surface area contributed by atoms with Crippen LogP contribution in [0.1, 0.15) is 19.2 Å². The van der Waals surface area contributed by atoms with Gasteiger partial charge in [0.1, 0.15) is 24.0 Å². The summed E-state index contributed by atoms with van der Waals surface area (Å²) in [6.45, 7) is 3.50. The van der Waals surface area contributed by atoms with Gasteiger partial charge < -0.3 is 18.8 Å². The van der Waals surface area contributed by atoms with Gasteiger partial charge in [-0.2, -0.15) is 4.31 Å². The molecule has 1 aliphatic rings. The summed E-state index contributed by atoms with van der Waals surface area (Å²) < 4.78 is 58.4. The van der Waals surface area contributed by atoms with Crippen molar-refractivity contribution in [1.29, 1.82) is 0 Å². The number of esters is 1. The molecule has 0 bridgehead atoms. The van der Waals surface area contributed by atoms with Crippen LogP contribution >= 0.6 is 0 Å². The SMILES string of the molecule is CCCn1c(COC(=O)COc2cccc(F)c2)nc2cc(S(=O)(=O)N3CCOCC3)ccc21. The lowest BCUT2D eigenvalue weighted by atomic mass is 10.3. The molecule has 1 aromatic heterocycles. The molecule has 0 aliphatic carbocycles. The van der Waals surface area contributed by atoms with Crippen molar-refractivity contribution in [2.75, 3.05) is 32.9 Å². The number of aryl methyl sites for hydroxylation is 1. The number of benzene rings is 2. The van der Waals surface area contributed by atoms with E-state index in [-0.39, 0.29) is 23.9 Å². The van der Waals surface area contributed by atoms with E-state index in [1.807, 2.05) is 11.5 Å². The highest BCUT2D eigenvalue weighted by Crippen LogP contribution is 2.24. The molecule has 182 valence electrons. The number of sulfonamides is 1. The van der Waals surface area contributed by atoms with Crippen LogP contribution < -0.4 is 4.74 Å². The number of hydrogen-bond donors (Lipinski definition) is 0. The topological polar surface area (TPSA) is 100.0 Å². The molecule has 11 heteroatoms. The number of ether oxygens (including phenoxy) is 3. The zero-order chi connectivity index (χ0) is 24.1. The Labute approximate surface area is 197 Å². The molecule has 1 fully saturated rings. The van der Waals surface area contributed by atoms with Crippen molar-refractivity contribution in [1.82, 2.24) is 13.9 Å². The summed E-state index contributed by atoms with van der Waals surface area (Å²) in [6, 6.07) is 10.3. The van der Waals surface area contributed by atoms with Gasteiger partial charge in [-0.05, 0) is 36.8 Å². The lowest BCUT2D eigenvalue weighted by molar-refractivity contribution is -0.147. The number of aromatic nitrogens is 2. The van der Waals surface area contributed by atoms with E-state index in [2.05, 4.69) is 4.98 Å². The van der Waals surface area contributed by atoms with Gasteiger partial charge in [0.25, 0.3) is 0 Å². The molecule has 0 amide bonds. The zero-order valence-corrected chi connectivity index (χ0v) is 19.6. The molecular formula is C23H26FN3O6S. The van der Waals surface area contributed by atoms with Crippen LogP contribution in [0.15, 0.2) is 47.4 Å². The number of imidazole rings is 1. The molecule has 1 saturated heterocycles. The third kappa shape index (κ3) is 5.37. The van der Waals surface area contributed by atoms with E-state index < -0.39 is 21.8 Å². The van der Waals surface area contributed by atoms with Crippen LogP contribution in [0.2, 0.25) is 0 Å². The maximum Gasteiger partial charge on any atom is 0.344 e. The van der Waals surface area contributed by atoms with Crippen molar-refractivity contribution in [3.63, 3.8) is 0 Å². The highest BCUT2D eigenvalue weighted by molar-refractivity contribution is 7.89. The van der Waals surface area contributed by atoms with E-state index >= 15 is 0 Å². The van der Waals surface area contributed by atoms with Crippen molar-refractivity contribution in [3.8, 4) is 5.75 Å². The van der Waals surface area contributed by atoms with Crippen LogP contribution in [-0.4, -0.2) is 61.2 Å². The number of carbonyl (C=O) groups excluding carboxylic acids is 1. The van der Waals surface area contributed by atoms with Crippen LogP contribution in [0.5, 0.6) is 5.75 Å². The smallest absolute Gasteiger partial charge is 0.344 e. The van der Waals surface area contributed by atoms with Gasteiger partial charge in [-0.3, -0.25) is 0 Å². The first-order chi connectivity index (χ1) is 16.4. The molecule has 0 atom stereocenters. The molecule has 4 rings (SSSR count). The number of fused-ring (bicyclic) bond motifs is 1. The predicted molar refractivity (Wildman–Crippen MR) is 121 cm³/mol. The first-order valence-electron chi connectivity index (χ1n) is 11.0. The molecule has 0 spiro atoms. The van der Waals surface area contributed by atoms with Crippen LogP contribution in [0.3, 0.4) is 0 Å². The second-order valence-electron chi connectivity index (χ2n) is 7.75. The van der Waals surface area contributed by atoms with Crippen LogP contribution in [0, 0.1) is 5.82 Å². The third-order valence-electron chi connectivity index (χ3n) is 5.37. The maximum absolute atomic E-state index is 13.2. The Kier molecular flexibility index (Phi) is 7.44. The highest BCUT2D eigenvalue weighted by atomic mass is 32.2. The molecule has 34 heavy (non-hydrogen) atoms. The molecule has 2 heterocycles. The van der Waals surface area contributed by atoms with E-state index in [4.69, 9.17) is 14.2 Å². The number of rotatable bonds is 9.